The van der Waals surface area contributed by atoms with E-state index < -0.39 is 0 Å². The average molecular weight is 885 g/mol. The molecule has 0 saturated carbocycles. The summed E-state index contributed by atoms with van der Waals surface area (Å²) in [4.78, 5) is 2.47. The van der Waals surface area contributed by atoms with Gasteiger partial charge in [0.05, 0.1) is 22.4 Å². The largest absolute Gasteiger partial charge is 0.455 e. The van der Waals surface area contributed by atoms with E-state index in [1.165, 1.54) is 69.4 Å². The van der Waals surface area contributed by atoms with Crippen LogP contribution < -0.4 is 4.90 Å². The maximum Gasteiger partial charge on any atom is 0.143 e. The molecular formula is C64H40N2OS. The molecule has 0 saturated heterocycles. The van der Waals surface area contributed by atoms with E-state index in [2.05, 4.69) is 246 Å². The van der Waals surface area contributed by atoms with E-state index in [9.17, 15) is 0 Å². The smallest absolute Gasteiger partial charge is 0.143 e. The van der Waals surface area contributed by atoms with Crippen LogP contribution in [0.1, 0.15) is 0 Å². The Balaban J connectivity index is 1.05. The minimum Gasteiger partial charge on any atom is -0.455 e. The van der Waals surface area contributed by atoms with Gasteiger partial charge in [0.15, 0.2) is 0 Å². The van der Waals surface area contributed by atoms with E-state index >= 15 is 0 Å². The molecule has 0 N–H and O–H groups in total. The van der Waals surface area contributed by atoms with E-state index in [0.29, 0.717) is 0 Å². The number of hydrogen-bond donors (Lipinski definition) is 0. The second kappa shape index (κ2) is 15.5. The average Bonchev–Trinajstić information content (AvgIpc) is 4.09. The molecule has 3 nitrogen and oxygen atoms in total. The zero-order chi connectivity index (χ0) is 44.7. The van der Waals surface area contributed by atoms with Crippen LogP contribution in [-0.2, 0) is 0 Å². The molecule has 0 aliphatic rings. The van der Waals surface area contributed by atoms with Crippen LogP contribution in [0.3, 0.4) is 0 Å². The molecule has 318 valence electrons. The lowest BCUT2D eigenvalue weighted by atomic mass is 9.96. The summed E-state index contributed by atoms with van der Waals surface area (Å²) in [5.74, 6) is 0. The highest BCUT2D eigenvalue weighted by molar-refractivity contribution is 7.26. The van der Waals surface area contributed by atoms with E-state index in [0.717, 1.165) is 61.4 Å². The van der Waals surface area contributed by atoms with E-state index in [-0.39, 0.29) is 0 Å². The van der Waals surface area contributed by atoms with Crippen LogP contribution in [0.25, 0.3) is 114 Å². The fraction of sp³-hybridized carbons (Fsp3) is 0. The molecule has 0 amide bonds. The molecule has 0 spiro atoms. The lowest BCUT2D eigenvalue weighted by Gasteiger charge is -2.29. The standard InChI is InChI=1S/C64H40N2OS/c1-2-20-46-41(16-1)17-14-26-47(46)42-34-36-44(37-35-42)65(45-19-13-18-43(40-45)48-27-15-28-53-51-23-6-11-32-60(51)67-63(48)53)59-39-38-54-52-24-7-12-33-61(52)68-64(54)62(59)55-25-5-10-31-58(55)66-56-29-8-3-21-49(56)50-22-4-9-30-57(50)66/h1-40H. The number of furan rings is 1. The number of fused-ring (bicyclic) bond motifs is 10. The van der Waals surface area contributed by atoms with Gasteiger partial charge in [-0.1, -0.05) is 182 Å². The first-order valence-electron chi connectivity index (χ1n) is 23.2. The Kier molecular flexibility index (Phi) is 8.76. The highest BCUT2D eigenvalue weighted by Crippen LogP contribution is 2.51. The summed E-state index contributed by atoms with van der Waals surface area (Å²) < 4.78 is 11.6. The van der Waals surface area contributed by atoms with Gasteiger partial charge in [0.2, 0.25) is 0 Å². The Morgan fingerprint density at radius 2 is 1.00 bits per heavy atom. The van der Waals surface area contributed by atoms with Gasteiger partial charge >= 0.3 is 0 Å². The van der Waals surface area contributed by atoms with Crippen molar-refractivity contribution in [3.63, 3.8) is 0 Å². The molecule has 0 bridgehead atoms. The number of rotatable bonds is 7. The van der Waals surface area contributed by atoms with E-state index in [1.54, 1.807) is 0 Å². The Labute approximate surface area is 396 Å². The molecule has 68 heavy (non-hydrogen) atoms. The Morgan fingerprint density at radius 1 is 0.382 bits per heavy atom. The van der Waals surface area contributed by atoms with Crippen molar-refractivity contribution < 1.29 is 4.42 Å². The van der Waals surface area contributed by atoms with Crippen LogP contribution >= 0.6 is 11.3 Å². The van der Waals surface area contributed by atoms with Gasteiger partial charge in [-0.3, -0.25) is 0 Å². The van der Waals surface area contributed by atoms with Gasteiger partial charge in [0, 0.05) is 69.8 Å². The van der Waals surface area contributed by atoms with Crippen molar-refractivity contribution in [2.45, 2.75) is 0 Å². The summed E-state index contributed by atoms with van der Waals surface area (Å²) in [7, 11) is 0. The molecule has 0 atom stereocenters. The number of aromatic nitrogens is 1. The van der Waals surface area contributed by atoms with Gasteiger partial charge in [-0.25, -0.2) is 0 Å². The highest BCUT2D eigenvalue weighted by atomic mass is 32.1. The van der Waals surface area contributed by atoms with Crippen molar-refractivity contribution >= 4 is 103 Å². The third kappa shape index (κ3) is 5.98. The van der Waals surface area contributed by atoms with Crippen LogP contribution in [0.2, 0.25) is 0 Å². The van der Waals surface area contributed by atoms with Crippen molar-refractivity contribution in [2.75, 3.05) is 4.90 Å². The van der Waals surface area contributed by atoms with Crippen LogP contribution in [-0.4, -0.2) is 4.57 Å². The van der Waals surface area contributed by atoms with Crippen molar-refractivity contribution in [3.8, 4) is 39.1 Å². The quantitative estimate of drug-likeness (QED) is 0.159. The molecular weight excluding hydrogens is 845 g/mol. The molecule has 0 radical (unpaired) electrons. The molecule has 0 aliphatic heterocycles. The molecule has 0 unspecified atom stereocenters. The Hall–Kier alpha value is -8.70. The first-order chi connectivity index (χ1) is 33.7. The number of benzene rings is 11. The monoisotopic (exact) mass is 884 g/mol. The van der Waals surface area contributed by atoms with Crippen LogP contribution in [0.15, 0.2) is 247 Å². The fourth-order valence-electron chi connectivity index (χ4n) is 10.8. The van der Waals surface area contributed by atoms with Crippen molar-refractivity contribution in [3.05, 3.63) is 243 Å². The predicted octanol–water partition coefficient (Wildman–Crippen LogP) is 18.7. The predicted molar refractivity (Wildman–Crippen MR) is 289 cm³/mol. The molecule has 3 aromatic heterocycles. The normalized spacial score (nSPS) is 11.8. The number of hydrogen-bond acceptors (Lipinski definition) is 3. The molecule has 3 heterocycles. The highest BCUT2D eigenvalue weighted by Gasteiger charge is 2.25. The molecule has 0 aliphatic carbocycles. The van der Waals surface area contributed by atoms with E-state index in [1.807, 2.05) is 17.4 Å². The first kappa shape index (κ1) is 38.6. The summed E-state index contributed by atoms with van der Waals surface area (Å²) in [5, 5.41) is 9.70. The number of para-hydroxylation sites is 5. The van der Waals surface area contributed by atoms with Gasteiger partial charge in [-0.2, -0.15) is 0 Å². The summed E-state index contributed by atoms with van der Waals surface area (Å²) in [6.07, 6.45) is 0. The number of nitrogens with zero attached hydrogens (tertiary/aromatic N) is 2. The van der Waals surface area contributed by atoms with Gasteiger partial charge in [-0.05, 0) is 88.1 Å². The fourth-order valence-corrected chi connectivity index (χ4v) is 12.0. The van der Waals surface area contributed by atoms with Crippen molar-refractivity contribution in [1.82, 2.24) is 4.57 Å². The molecule has 14 aromatic rings. The molecule has 11 aromatic carbocycles. The lowest BCUT2D eigenvalue weighted by Crippen LogP contribution is -2.12. The van der Waals surface area contributed by atoms with Crippen LogP contribution in [0.4, 0.5) is 17.1 Å². The minimum absolute atomic E-state index is 0.891. The third-order valence-corrected chi connectivity index (χ3v) is 15.0. The van der Waals surface area contributed by atoms with Crippen LogP contribution in [0, 0.1) is 0 Å². The van der Waals surface area contributed by atoms with Gasteiger partial charge in [0.25, 0.3) is 0 Å². The lowest BCUT2D eigenvalue weighted by molar-refractivity contribution is 0.670. The van der Waals surface area contributed by atoms with Gasteiger partial charge < -0.3 is 13.9 Å². The maximum absolute atomic E-state index is 6.64. The summed E-state index contributed by atoms with van der Waals surface area (Å²) >= 11 is 1.87. The van der Waals surface area contributed by atoms with Crippen molar-refractivity contribution in [1.29, 1.82) is 0 Å². The summed E-state index contributed by atoms with van der Waals surface area (Å²) in [6.45, 7) is 0. The summed E-state index contributed by atoms with van der Waals surface area (Å²) in [6, 6.07) is 88.3. The third-order valence-electron chi connectivity index (χ3n) is 13.8. The number of anilines is 3. The van der Waals surface area contributed by atoms with E-state index in [4.69, 9.17) is 4.42 Å². The minimum atomic E-state index is 0.891. The molecule has 0 fully saturated rings. The molecule has 4 heteroatoms. The Bertz CT molecular complexity index is 4230. The zero-order valence-electron chi connectivity index (χ0n) is 36.8. The first-order valence-corrected chi connectivity index (χ1v) is 24.0. The SMILES string of the molecule is c1cc(-c2cccc3c2oc2ccccc23)cc(N(c2ccc(-c3cccc4ccccc34)cc2)c2ccc3c(sc4ccccc43)c2-c2ccccc2-n2c3ccccc3c3ccccc32)c1. The maximum atomic E-state index is 6.64. The number of thiophene rings is 1. The van der Waals surface area contributed by atoms with Gasteiger partial charge in [0.1, 0.15) is 11.2 Å². The topological polar surface area (TPSA) is 21.3 Å². The van der Waals surface area contributed by atoms with Gasteiger partial charge in [-0.15, -0.1) is 11.3 Å². The summed E-state index contributed by atoms with van der Waals surface area (Å²) in [5.41, 5.74) is 15.3. The second-order valence-electron chi connectivity index (χ2n) is 17.6. The van der Waals surface area contributed by atoms with Crippen molar-refractivity contribution in [2.24, 2.45) is 0 Å². The zero-order valence-corrected chi connectivity index (χ0v) is 37.6. The Morgan fingerprint density at radius 3 is 1.84 bits per heavy atom. The molecule has 14 rings (SSSR count). The second-order valence-corrected chi connectivity index (χ2v) is 18.6. The van der Waals surface area contributed by atoms with Crippen LogP contribution in [0.5, 0.6) is 0 Å².